The Hall–Kier alpha value is -2.87. The molecule has 3 rings (SSSR count). The fraction of sp³-hybridized carbons (Fsp3) is 0.478. The minimum Gasteiger partial charge on any atom is -0.495 e. The molecule has 172 valence electrons. The Morgan fingerprint density at radius 1 is 1.16 bits per heavy atom. The van der Waals surface area contributed by atoms with Gasteiger partial charge in [-0.1, -0.05) is 37.6 Å². The van der Waals surface area contributed by atoms with Crippen molar-refractivity contribution in [1.29, 1.82) is 0 Å². The first-order valence-corrected chi connectivity index (χ1v) is 10.9. The van der Waals surface area contributed by atoms with Crippen molar-refractivity contribution in [2.24, 2.45) is 17.8 Å². The van der Waals surface area contributed by atoms with Crippen LogP contribution in [0.15, 0.2) is 30.4 Å². The van der Waals surface area contributed by atoms with Crippen molar-refractivity contribution in [2.75, 3.05) is 19.0 Å². The van der Waals surface area contributed by atoms with Gasteiger partial charge in [0.25, 0.3) is 5.91 Å². The fourth-order valence-electron chi connectivity index (χ4n) is 4.06. The summed E-state index contributed by atoms with van der Waals surface area (Å²) in [5.74, 6) is -2.40. The summed E-state index contributed by atoms with van der Waals surface area (Å²) in [4.78, 5) is 52.0. The number of imide groups is 1. The third-order valence-corrected chi connectivity index (χ3v) is 5.90. The lowest BCUT2D eigenvalue weighted by molar-refractivity contribution is -0.160. The molecule has 2 aliphatic rings. The molecule has 1 saturated heterocycles. The van der Waals surface area contributed by atoms with Crippen LogP contribution in [-0.4, -0.2) is 48.3 Å². The maximum absolute atomic E-state index is 12.9. The van der Waals surface area contributed by atoms with Crippen LogP contribution in [0.5, 0.6) is 5.75 Å². The van der Waals surface area contributed by atoms with E-state index in [-0.39, 0.29) is 24.2 Å². The van der Waals surface area contributed by atoms with E-state index in [0.29, 0.717) is 29.3 Å². The Kier molecular flexibility index (Phi) is 7.56. The van der Waals surface area contributed by atoms with Crippen molar-refractivity contribution in [3.63, 3.8) is 0 Å². The zero-order chi connectivity index (χ0) is 23.4. The summed E-state index contributed by atoms with van der Waals surface area (Å²) in [5, 5.41) is 2.91. The van der Waals surface area contributed by atoms with Gasteiger partial charge in [-0.15, -0.1) is 0 Å². The topological polar surface area (TPSA) is 102 Å². The standard InChI is InChI=1S/C23H27ClN2O6/c1-13(2)10-18(26-21(28)15-6-4-5-7-16(15)22(26)29)23(30)32-12-20(27)25-14-8-9-19(31-3)17(24)11-14/h4-5,8-9,11,13,15-16,18H,6-7,10,12H2,1-3H3,(H,25,27)/t15-,16-,18+/m0/s1. The summed E-state index contributed by atoms with van der Waals surface area (Å²) >= 11 is 6.05. The number of ether oxygens (including phenoxy) is 2. The Bertz CT molecular complexity index is 918. The maximum atomic E-state index is 12.9. The molecular weight excluding hydrogens is 436 g/mol. The van der Waals surface area contributed by atoms with Crippen molar-refractivity contribution in [1.82, 2.24) is 4.90 Å². The number of rotatable bonds is 8. The number of methoxy groups -OCH3 is 1. The van der Waals surface area contributed by atoms with Gasteiger partial charge in [0.05, 0.1) is 24.0 Å². The van der Waals surface area contributed by atoms with Gasteiger partial charge in [-0.05, 0) is 43.4 Å². The minimum absolute atomic E-state index is 0.0316. The van der Waals surface area contributed by atoms with Gasteiger partial charge < -0.3 is 14.8 Å². The van der Waals surface area contributed by atoms with Gasteiger partial charge in [0.2, 0.25) is 11.8 Å². The number of nitrogens with one attached hydrogen (secondary N) is 1. The van der Waals surface area contributed by atoms with Crippen molar-refractivity contribution in [3.8, 4) is 5.75 Å². The first-order chi connectivity index (χ1) is 15.2. The smallest absolute Gasteiger partial charge is 0.329 e. The number of amides is 3. The van der Waals surface area contributed by atoms with Crippen LogP contribution < -0.4 is 10.1 Å². The zero-order valence-electron chi connectivity index (χ0n) is 18.3. The zero-order valence-corrected chi connectivity index (χ0v) is 19.1. The van der Waals surface area contributed by atoms with E-state index in [1.165, 1.54) is 13.2 Å². The molecule has 0 spiro atoms. The Morgan fingerprint density at radius 2 is 1.78 bits per heavy atom. The highest BCUT2D eigenvalue weighted by Gasteiger charge is 2.51. The molecule has 3 amide bonds. The Morgan fingerprint density at radius 3 is 2.31 bits per heavy atom. The predicted octanol–water partition coefficient (Wildman–Crippen LogP) is 3.20. The molecule has 0 saturated carbocycles. The number of hydrogen-bond acceptors (Lipinski definition) is 6. The Balaban J connectivity index is 1.65. The van der Waals surface area contributed by atoms with Crippen molar-refractivity contribution < 1.29 is 28.7 Å². The first-order valence-electron chi connectivity index (χ1n) is 10.5. The molecule has 8 nitrogen and oxygen atoms in total. The summed E-state index contributed by atoms with van der Waals surface area (Å²) in [6.45, 7) is 3.22. The van der Waals surface area contributed by atoms with Gasteiger partial charge in [0.1, 0.15) is 11.8 Å². The van der Waals surface area contributed by atoms with Gasteiger partial charge in [-0.25, -0.2) is 4.79 Å². The third-order valence-electron chi connectivity index (χ3n) is 5.60. The van der Waals surface area contributed by atoms with E-state index >= 15 is 0 Å². The van der Waals surface area contributed by atoms with Crippen LogP contribution in [-0.2, 0) is 23.9 Å². The van der Waals surface area contributed by atoms with E-state index < -0.39 is 36.4 Å². The summed E-state index contributed by atoms with van der Waals surface area (Å²) in [7, 11) is 1.48. The maximum Gasteiger partial charge on any atom is 0.329 e. The second kappa shape index (κ2) is 10.2. The normalized spacial score (nSPS) is 20.8. The number of likely N-dealkylation sites (tertiary alicyclic amines) is 1. The number of hydrogen-bond donors (Lipinski definition) is 1. The molecule has 1 aliphatic heterocycles. The number of nitrogens with zero attached hydrogens (tertiary/aromatic N) is 1. The van der Waals surface area contributed by atoms with Crippen LogP contribution in [0.1, 0.15) is 33.1 Å². The van der Waals surface area contributed by atoms with Crippen molar-refractivity contribution in [3.05, 3.63) is 35.4 Å². The highest BCUT2D eigenvalue weighted by molar-refractivity contribution is 6.32. The van der Waals surface area contributed by atoms with E-state index in [2.05, 4.69) is 5.32 Å². The molecule has 9 heteroatoms. The summed E-state index contributed by atoms with van der Waals surface area (Å²) in [6.07, 6.45) is 5.02. The molecule has 1 aliphatic carbocycles. The van der Waals surface area contributed by atoms with E-state index in [9.17, 15) is 19.2 Å². The molecule has 32 heavy (non-hydrogen) atoms. The summed E-state index contributed by atoms with van der Waals surface area (Å²) in [6, 6.07) is 3.66. The second-order valence-electron chi connectivity index (χ2n) is 8.35. The molecule has 0 radical (unpaired) electrons. The minimum atomic E-state index is -1.05. The van der Waals surface area contributed by atoms with Crippen LogP contribution in [0.3, 0.4) is 0 Å². The SMILES string of the molecule is COc1ccc(NC(=O)COC(=O)[C@@H](CC(C)C)N2C(=O)[C@H]3CC=CC[C@@H]3C2=O)cc1Cl. The number of esters is 1. The number of anilines is 1. The molecular formula is C23H27ClN2O6. The number of allylic oxidation sites excluding steroid dienone is 2. The number of carbonyl (C=O) groups is 4. The molecule has 1 N–H and O–H groups in total. The molecule has 0 unspecified atom stereocenters. The highest BCUT2D eigenvalue weighted by Crippen LogP contribution is 2.37. The number of fused-ring (bicyclic) bond motifs is 1. The average molecular weight is 463 g/mol. The van der Waals surface area contributed by atoms with E-state index in [0.717, 1.165) is 4.90 Å². The quantitative estimate of drug-likeness (QED) is 0.361. The van der Waals surface area contributed by atoms with Crippen LogP contribution in [0.4, 0.5) is 5.69 Å². The predicted molar refractivity (Wildman–Crippen MR) is 118 cm³/mol. The molecule has 1 aromatic rings. The van der Waals surface area contributed by atoms with Crippen molar-refractivity contribution in [2.45, 2.75) is 39.2 Å². The lowest BCUT2D eigenvalue weighted by Gasteiger charge is -2.26. The van der Waals surface area contributed by atoms with Gasteiger partial charge in [-0.3, -0.25) is 19.3 Å². The molecule has 0 aromatic heterocycles. The van der Waals surface area contributed by atoms with Crippen LogP contribution in [0.2, 0.25) is 5.02 Å². The second-order valence-corrected chi connectivity index (χ2v) is 8.76. The molecule has 1 fully saturated rings. The van der Waals surface area contributed by atoms with E-state index in [1.807, 2.05) is 26.0 Å². The lowest BCUT2D eigenvalue weighted by atomic mass is 9.85. The average Bonchev–Trinajstić information content (AvgIpc) is 3.01. The summed E-state index contributed by atoms with van der Waals surface area (Å²) in [5.41, 5.74) is 0.414. The largest absolute Gasteiger partial charge is 0.495 e. The lowest BCUT2D eigenvalue weighted by Crippen LogP contribution is -2.47. The van der Waals surface area contributed by atoms with Crippen LogP contribution in [0, 0.1) is 17.8 Å². The molecule has 0 bridgehead atoms. The third kappa shape index (κ3) is 5.12. The first kappa shape index (κ1) is 23.8. The Labute approximate surface area is 191 Å². The fourth-order valence-corrected chi connectivity index (χ4v) is 4.32. The monoisotopic (exact) mass is 462 g/mol. The van der Waals surface area contributed by atoms with Crippen LogP contribution >= 0.6 is 11.6 Å². The molecule has 1 heterocycles. The van der Waals surface area contributed by atoms with Gasteiger partial charge >= 0.3 is 5.97 Å². The van der Waals surface area contributed by atoms with Gasteiger partial charge in [-0.2, -0.15) is 0 Å². The van der Waals surface area contributed by atoms with Crippen molar-refractivity contribution >= 4 is 41.0 Å². The summed E-state index contributed by atoms with van der Waals surface area (Å²) < 4.78 is 10.3. The van der Waals surface area contributed by atoms with Crippen LogP contribution in [0.25, 0.3) is 0 Å². The van der Waals surface area contributed by atoms with Gasteiger partial charge in [0.15, 0.2) is 6.61 Å². The highest BCUT2D eigenvalue weighted by atomic mass is 35.5. The van der Waals surface area contributed by atoms with E-state index in [4.69, 9.17) is 21.1 Å². The number of benzene rings is 1. The molecule has 1 aromatic carbocycles. The van der Waals surface area contributed by atoms with E-state index in [1.54, 1.807) is 12.1 Å². The number of halogens is 1. The molecule has 3 atom stereocenters. The number of carbonyl (C=O) groups excluding carboxylic acids is 4. The van der Waals surface area contributed by atoms with Gasteiger partial charge in [0, 0.05) is 5.69 Å².